The average molecular weight is 243 g/mol. The number of hydrogen-bond acceptors (Lipinski definition) is 3. The first-order chi connectivity index (χ1) is 7.66. The summed E-state index contributed by atoms with van der Waals surface area (Å²) in [5, 5.41) is 9.43. The van der Waals surface area contributed by atoms with Gasteiger partial charge in [0, 0.05) is 11.4 Å². The first kappa shape index (κ1) is 11.2. The fourth-order valence-electron chi connectivity index (χ4n) is 1.56. The Hall–Kier alpha value is -1.26. The number of carboxylic acids is 1. The molecule has 0 saturated carbocycles. The molecule has 5 heteroatoms. The van der Waals surface area contributed by atoms with E-state index in [1.807, 2.05) is 0 Å². The second-order valence-corrected chi connectivity index (χ2v) is 3.99. The van der Waals surface area contributed by atoms with E-state index < -0.39 is 5.97 Å². The second kappa shape index (κ2) is 4.72. The number of aromatic carboxylic acids is 1. The molecule has 0 spiro atoms. The number of halogens is 1. The van der Waals surface area contributed by atoms with Crippen LogP contribution in [0.15, 0.2) is 18.2 Å². The highest BCUT2D eigenvalue weighted by Gasteiger charge is 2.20. The third-order valence-electron chi connectivity index (χ3n) is 2.36. The van der Waals surface area contributed by atoms with E-state index in [4.69, 9.17) is 26.2 Å². The van der Waals surface area contributed by atoms with Gasteiger partial charge in [-0.3, -0.25) is 0 Å². The summed E-state index contributed by atoms with van der Waals surface area (Å²) in [5.74, 6) is -0.721. The molecule has 1 aromatic carbocycles. The van der Waals surface area contributed by atoms with Gasteiger partial charge in [0.15, 0.2) is 0 Å². The van der Waals surface area contributed by atoms with Gasteiger partial charge in [0.2, 0.25) is 0 Å². The molecule has 0 unspecified atom stereocenters. The summed E-state index contributed by atoms with van der Waals surface area (Å²) in [7, 11) is 0. The van der Waals surface area contributed by atoms with E-state index in [0.29, 0.717) is 24.0 Å². The maximum absolute atomic E-state index is 11.0. The highest BCUT2D eigenvalue weighted by molar-refractivity contribution is 6.30. The monoisotopic (exact) mass is 242 g/mol. The third-order valence-corrected chi connectivity index (χ3v) is 2.59. The fourth-order valence-corrected chi connectivity index (χ4v) is 1.72. The topological polar surface area (TPSA) is 55.8 Å². The van der Waals surface area contributed by atoms with Crippen molar-refractivity contribution in [2.75, 3.05) is 13.2 Å². The summed E-state index contributed by atoms with van der Waals surface area (Å²) in [6.07, 6.45) is 0.683. The van der Waals surface area contributed by atoms with E-state index in [0.717, 1.165) is 6.42 Å². The van der Waals surface area contributed by atoms with Crippen molar-refractivity contribution >= 4 is 17.6 Å². The summed E-state index contributed by atoms with van der Waals surface area (Å²) in [5.41, 5.74) is 0.122. The maximum Gasteiger partial charge on any atom is 0.339 e. The van der Waals surface area contributed by atoms with Gasteiger partial charge in [-0.1, -0.05) is 11.6 Å². The lowest BCUT2D eigenvalue weighted by atomic mass is 10.2. The highest BCUT2D eigenvalue weighted by atomic mass is 35.5. The molecule has 2 rings (SSSR count). The molecule has 0 bridgehead atoms. The van der Waals surface area contributed by atoms with Gasteiger partial charge < -0.3 is 14.6 Å². The Kier molecular flexibility index (Phi) is 3.31. The molecular formula is C11H11ClO4. The maximum atomic E-state index is 11.0. The molecule has 1 fully saturated rings. The molecule has 1 aliphatic heterocycles. The second-order valence-electron chi connectivity index (χ2n) is 3.55. The Morgan fingerprint density at radius 2 is 2.38 bits per heavy atom. The predicted molar refractivity (Wildman–Crippen MR) is 58.3 cm³/mol. The molecule has 1 atom stereocenters. The van der Waals surface area contributed by atoms with Crippen LogP contribution in [0.4, 0.5) is 0 Å². The van der Waals surface area contributed by atoms with E-state index in [1.54, 1.807) is 0 Å². The van der Waals surface area contributed by atoms with Gasteiger partial charge in [-0.15, -0.1) is 0 Å². The number of carboxylic acid groups (broad SMARTS) is 1. The van der Waals surface area contributed by atoms with Crippen molar-refractivity contribution in [1.29, 1.82) is 0 Å². The third kappa shape index (κ3) is 2.46. The minimum atomic E-state index is -1.02. The number of benzene rings is 1. The Labute approximate surface area is 97.7 Å². The van der Waals surface area contributed by atoms with E-state index in [-0.39, 0.29) is 11.7 Å². The zero-order chi connectivity index (χ0) is 11.5. The molecular weight excluding hydrogens is 232 g/mol. The van der Waals surface area contributed by atoms with Crippen molar-refractivity contribution in [3.05, 3.63) is 28.8 Å². The molecule has 0 aromatic heterocycles. The Morgan fingerprint density at radius 3 is 3.00 bits per heavy atom. The summed E-state index contributed by atoms with van der Waals surface area (Å²) in [4.78, 5) is 11.0. The number of carbonyl (C=O) groups is 1. The first-order valence-corrected chi connectivity index (χ1v) is 5.32. The van der Waals surface area contributed by atoms with Crippen LogP contribution in [-0.2, 0) is 4.74 Å². The zero-order valence-corrected chi connectivity index (χ0v) is 9.24. The van der Waals surface area contributed by atoms with Crippen LogP contribution in [0, 0.1) is 0 Å². The number of rotatable bonds is 3. The minimum Gasteiger partial charge on any atom is -0.487 e. The Morgan fingerprint density at radius 1 is 1.56 bits per heavy atom. The molecule has 1 aliphatic rings. The lowest BCUT2D eigenvalue weighted by molar-refractivity contribution is 0.0687. The Balaban J connectivity index is 2.22. The molecule has 16 heavy (non-hydrogen) atoms. The molecule has 86 valence electrons. The van der Waals surface area contributed by atoms with Gasteiger partial charge in [-0.05, 0) is 18.2 Å². The van der Waals surface area contributed by atoms with Crippen molar-refractivity contribution in [1.82, 2.24) is 0 Å². The van der Waals surface area contributed by atoms with E-state index in [2.05, 4.69) is 0 Å². The summed E-state index contributed by atoms with van der Waals surface area (Å²) < 4.78 is 10.7. The first-order valence-electron chi connectivity index (χ1n) is 4.94. The molecule has 1 aromatic rings. The summed E-state index contributed by atoms with van der Waals surface area (Å²) >= 11 is 5.80. The van der Waals surface area contributed by atoms with Gasteiger partial charge in [-0.2, -0.15) is 0 Å². The van der Waals surface area contributed by atoms with Crippen LogP contribution in [0.5, 0.6) is 5.75 Å². The van der Waals surface area contributed by atoms with Crippen LogP contribution in [0.3, 0.4) is 0 Å². The van der Waals surface area contributed by atoms with Crippen LogP contribution in [-0.4, -0.2) is 30.4 Å². The summed E-state index contributed by atoms with van der Waals surface area (Å²) in [6, 6.07) is 4.49. The largest absolute Gasteiger partial charge is 0.487 e. The molecule has 0 aliphatic carbocycles. The van der Waals surface area contributed by atoms with Gasteiger partial charge in [0.1, 0.15) is 17.4 Å². The van der Waals surface area contributed by atoms with Crippen molar-refractivity contribution in [2.24, 2.45) is 0 Å². The van der Waals surface area contributed by atoms with Crippen LogP contribution in [0.25, 0.3) is 0 Å². The highest BCUT2D eigenvalue weighted by Crippen LogP contribution is 2.26. The number of hydrogen-bond donors (Lipinski definition) is 1. The van der Waals surface area contributed by atoms with Crippen molar-refractivity contribution in [3.8, 4) is 5.75 Å². The molecule has 1 heterocycles. The zero-order valence-electron chi connectivity index (χ0n) is 8.48. The van der Waals surface area contributed by atoms with E-state index in [9.17, 15) is 4.79 Å². The SMILES string of the molecule is O=C(O)c1ccc(Cl)cc1O[C@@H]1CCOC1. The van der Waals surface area contributed by atoms with Gasteiger partial charge in [0.25, 0.3) is 0 Å². The molecule has 1 saturated heterocycles. The van der Waals surface area contributed by atoms with Crippen LogP contribution >= 0.6 is 11.6 Å². The minimum absolute atomic E-state index is 0.0865. The number of ether oxygens (including phenoxy) is 2. The van der Waals surface area contributed by atoms with Gasteiger partial charge in [-0.25, -0.2) is 4.79 Å². The van der Waals surface area contributed by atoms with E-state index in [1.165, 1.54) is 18.2 Å². The smallest absolute Gasteiger partial charge is 0.339 e. The van der Waals surface area contributed by atoms with Crippen molar-refractivity contribution in [2.45, 2.75) is 12.5 Å². The summed E-state index contributed by atoms with van der Waals surface area (Å²) in [6.45, 7) is 1.14. The Bertz CT molecular complexity index is 399. The predicted octanol–water partition coefficient (Wildman–Crippen LogP) is 2.21. The van der Waals surface area contributed by atoms with Crippen molar-refractivity contribution < 1.29 is 19.4 Å². The quantitative estimate of drug-likeness (QED) is 0.883. The van der Waals surface area contributed by atoms with Crippen molar-refractivity contribution in [3.63, 3.8) is 0 Å². The lowest BCUT2D eigenvalue weighted by Gasteiger charge is -2.14. The molecule has 4 nitrogen and oxygen atoms in total. The van der Waals surface area contributed by atoms with Gasteiger partial charge in [0.05, 0.1) is 13.2 Å². The average Bonchev–Trinajstić information content (AvgIpc) is 2.70. The molecule has 0 amide bonds. The molecule has 1 N–H and O–H groups in total. The van der Waals surface area contributed by atoms with Crippen LogP contribution in [0.1, 0.15) is 16.8 Å². The van der Waals surface area contributed by atoms with Gasteiger partial charge >= 0.3 is 5.97 Å². The van der Waals surface area contributed by atoms with Crippen LogP contribution in [0.2, 0.25) is 5.02 Å². The van der Waals surface area contributed by atoms with Crippen LogP contribution < -0.4 is 4.74 Å². The molecule has 0 radical (unpaired) electrons. The van der Waals surface area contributed by atoms with E-state index >= 15 is 0 Å². The fraction of sp³-hybridized carbons (Fsp3) is 0.364. The normalized spacial score (nSPS) is 19.7. The lowest BCUT2D eigenvalue weighted by Crippen LogP contribution is -2.17. The standard InChI is InChI=1S/C11H11ClO4/c12-7-1-2-9(11(13)14)10(5-7)16-8-3-4-15-6-8/h1-2,5,8H,3-4,6H2,(H,13,14)/t8-/m1/s1.